The average molecular weight is 320 g/mol. The summed E-state index contributed by atoms with van der Waals surface area (Å²) in [6.07, 6.45) is 1.68. The second-order valence-corrected chi connectivity index (χ2v) is 5.90. The second kappa shape index (κ2) is 5.84. The number of rotatable bonds is 2. The maximum atomic E-state index is 12.4. The minimum atomic E-state index is -0.137. The van der Waals surface area contributed by atoms with Crippen LogP contribution in [-0.4, -0.2) is 56.4 Å². The van der Waals surface area contributed by atoms with E-state index in [0.29, 0.717) is 36.8 Å². The Kier molecular flexibility index (Phi) is 3.88. The number of piperazine rings is 1. The quantitative estimate of drug-likeness (QED) is 0.768. The van der Waals surface area contributed by atoms with Crippen molar-refractivity contribution in [3.05, 3.63) is 33.2 Å². The Balaban J connectivity index is 1.67. The molecule has 8 nitrogen and oxygen atoms in total. The van der Waals surface area contributed by atoms with Crippen LogP contribution in [0.2, 0.25) is 0 Å². The molecule has 0 saturated carbocycles. The monoisotopic (exact) mass is 320 g/mol. The van der Waals surface area contributed by atoms with Gasteiger partial charge in [-0.2, -0.15) is 5.10 Å². The van der Waals surface area contributed by atoms with Crippen LogP contribution < -0.4 is 10.5 Å². The smallest absolute Gasteiger partial charge is 0.268 e. The normalized spacial score (nSPS) is 15.2. The molecule has 1 amide bonds. The van der Waals surface area contributed by atoms with Crippen molar-refractivity contribution in [3.63, 3.8) is 0 Å². The Morgan fingerprint density at radius 1 is 1.27 bits per heavy atom. The minimum absolute atomic E-state index is 0.0192. The first-order chi connectivity index (χ1) is 10.6. The summed E-state index contributed by atoms with van der Waals surface area (Å²) in [5, 5.41) is 7.91. The molecule has 0 unspecified atom stereocenters. The van der Waals surface area contributed by atoms with Crippen LogP contribution in [0, 0.1) is 6.92 Å². The molecule has 0 bridgehead atoms. The standard InChI is InChI=1S/C13H16N6O2S/c1-9-12(22-16-15-9)13(21)19-5-3-18(4-6-19)10-7-11(20)17(2)14-8-10/h7-8H,3-6H2,1-2H3. The highest BCUT2D eigenvalue weighted by atomic mass is 32.1. The molecule has 3 rings (SSSR count). The maximum absolute atomic E-state index is 12.4. The molecule has 1 aliphatic heterocycles. The summed E-state index contributed by atoms with van der Waals surface area (Å²) in [5.41, 5.74) is 1.33. The molecular formula is C13H16N6O2S. The Morgan fingerprint density at radius 3 is 2.59 bits per heavy atom. The molecule has 22 heavy (non-hydrogen) atoms. The number of carbonyl (C=O) groups is 1. The van der Waals surface area contributed by atoms with E-state index in [2.05, 4.69) is 19.6 Å². The predicted octanol–water partition coefficient (Wildman–Crippen LogP) is -0.0974. The zero-order chi connectivity index (χ0) is 15.7. The number of aromatic nitrogens is 4. The first-order valence-electron chi connectivity index (χ1n) is 6.93. The highest BCUT2D eigenvalue weighted by Crippen LogP contribution is 2.17. The Morgan fingerprint density at radius 2 is 2.00 bits per heavy atom. The van der Waals surface area contributed by atoms with Crippen molar-refractivity contribution in [1.29, 1.82) is 0 Å². The number of hydrogen-bond acceptors (Lipinski definition) is 7. The summed E-state index contributed by atoms with van der Waals surface area (Å²) in [6, 6.07) is 1.57. The number of anilines is 1. The highest BCUT2D eigenvalue weighted by molar-refractivity contribution is 7.07. The lowest BCUT2D eigenvalue weighted by Gasteiger charge is -2.35. The number of aryl methyl sites for hydroxylation is 2. The number of carbonyl (C=O) groups excluding carboxylic acids is 1. The summed E-state index contributed by atoms with van der Waals surface area (Å²) in [7, 11) is 1.62. The first-order valence-corrected chi connectivity index (χ1v) is 7.70. The van der Waals surface area contributed by atoms with E-state index in [0.717, 1.165) is 17.2 Å². The van der Waals surface area contributed by atoms with Gasteiger partial charge in [-0.15, -0.1) is 5.10 Å². The van der Waals surface area contributed by atoms with Crippen LogP contribution in [0.1, 0.15) is 15.4 Å². The van der Waals surface area contributed by atoms with Crippen molar-refractivity contribution < 1.29 is 4.79 Å². The molecule has 0 atom stereocenters. The van der Waals surface area contributed by atoms with E-state index in [1.54, 1.807) is 31.1 Å². The van der Waals surface area contributed by atoms with Crippen LogP contribution in [0.5, 0.6) is 0 Å². The van der Waals surface area contributed by atoms with Crippen LogP contribution in [0.25, 0.3) is 0 Å². The number of nitrogens with zero attached hydrogens (tertiary/aromatic N) is 6. The van der Waals surface area contributed by atoms with Gasteiger partial charge in [0.1, 0.15) is 4.88 Å². The van der Waals surface area contributed by atoms with Crippen LogP contribution >= 0.6 is 11.5 Å². The van der Waals surface area contributed by atoms with Crippen LogP contribution in [0.3, 0.4) is 0 Å². The van der Waals surface area contributed by atoms with Crippen molar-refractivity contribution in [2.75, 3.05) is 31.1 Å². The van der Waals surface area contributed by atoms with Gasteiger partial charge < -0.3 is 9.80 Å². The summed E-state index contributed by atoms with van der Waals surface area (Å²) in [4.78, 5) is 28.5. The van der Waals surface area contributed by atoms with E-state index in [1.165, 1.54) is 4.68 Å². The van der Waals surface area contributed by atoms with E-state index < -0.39 is 0 Å². The third kappa shape index (κ3) is 2.71. The van der Waals surface area contributed by atoms with E-state index in [9.17, 15) is 9.59 Å². The largest absolute Gasteiger partial charge is 0.367 e. The molecule has 3 heterocycles. The molecule has 0 aliphatic carbocycles. The number of amides is 1. The van der Waals surface area contributed by atoms with Crippen LogP contribution in [0.15, 0.2) is 17.1 Å². The van der Waals surface area contributed by atoms with Gasteiger partial charge in [-0.1, -0.05) is 4.49 Å². The van der Waals surface area contributed by atoms with Crippen molar-refractivity contribution in [1.82, 2.24) is 24.3 Å². The fraction of sp³-hybridized carbons (Fsp3) is 0.462. The van der Waals surface area contributed by atoms with Crippen molar-refractivity contribution in [2.24, 2.45) is 7.05 Å². The van der Waals surface area contributed by atoms with E-state index >= 15 is 0 Å². The molecule has 1 aliphatic rings. The van der Waals surface area contributed by atoms with E-state index in [4.69, 9.17) is 0 Å². The van der Waals surface area contributed by atoms with Gasteiger partial charge in [0.2, 0.25) is 0 Å². The van der Waals surface area contributed by atoms with Crippen molar-refractivity contribution in [3.8, 4) is 0 Å². The summed E-state index contributed by atoms with van der Waals surface area (Å²) in [5.74, 6) is -0.0192. The predicted molar refractivity (Wildman–Crippen MR) is 82.2 cm³/mol. The zero-order valence-electron chi connectivity index (χ0n) is 12.4. The van der Waals surface area contributed by atoms with Gasteiger partial charge in [0, 0.05) is 39.3 Å². The molecule has 2 aromatic rings. The number of hydrogen-bond donors (Lipinski definition) is 0. The Labute approximate surface area is 131 Å². The van der Waals surface area contributed by atoms with Crippen LogP contribution in [0.4, 0.5) is 5.69 Å². The average Bonchev–Trinajstić information content (AvgIpc) is 2.95. The van der Waals surface area contributed by atoms with Gasteiger partial charge in [0.25, 0.3) is 11.5 Å². The molecule has 2 aromatic heterocycles. The van der Waals surface area contributed by atoms with Crippen LogP contribution in [-0.2, 0) is 7.05 Å². The zero-order valence-corrected chi connectivity index (χ0v) is 13.2. The van der Waals surface area contributed by atoms with Gasteiger partial charge in [-0.25, -0.2) is 4.68 Å². The van der Waals surface area contributed by atoms with Gasteiger partial charge >= 0.3 is 0 Å². The third-order valence-corrected chi connectivity index (χ3v) is 4.55. The Hall–Kier alpha value is -2.29. The Bertz CT molecular complexity index is 747. The van der Waals surface area contributed by atoms with E-state index in [1.807, 2.05) is 0 Å². The maximum Gasteiger partial charge on any atom is 0.268 e. The lowest BCUT2D eigenvalue weighted by molar-refractivity contribution is 0.0750. The SMILES string of the molecule is Cc1nnsc1C(=O)N1CCN(c2cnn(C)c(=O)c2)CC1. The molecule has 0 N–H and O–H groups in total. The van der Waals surface area contributed by atoms with Gasteiger partial charge in [-0.05, 0) is 18.5 Å². The highest BCUT2D eigenvalue weighted by Gasteiger charge is 2.25. The molecular weight excluding hydrogens is 304 g/mol. The lowest BCUT2D eigenvalue weighted by Crippen LogP contribution is -2.49. The van der Waals surface area contributed by atoms with Crippen molar-refractivity contribution >= 4 is 23.1 Å². The van der Waals surface area contributed by atoms with Gasteiger partial charge in [0.15, 0.2) is 0 Å². The minimum Gasteiger partial charge on any atom is -0.367 e. The topological polar surface area (TPSA) is 84.2 Å². The molecule has 9 heteroatoms. The second-order valence-electron chi connectivity index (χ2n) is 5.14. The van der Waals surface area contributed by atoms with Crippen molar-refractivity contribution in [2.45, 2.75) is 6.92 Å². The van der Waals surface area contributed by atoms with Gasteiger partial charge in [0.05, 0.1) is 17.6 Å². The van der Waals surface area contributed by atoms with Gasteiger partial charge in [-0.3, -0.25) is 9.59 Å². The molecule has 0 radical (unpaired) electrons. The summed E-state index contributed by atoms with van der Waals surface area (Å²) < 4.78 is 5.10. The molecule has 0 spiro atoms. The molecule has 0 aromatic carbocycles. The fourth-order valence-corrected chi connectivity index (χ4v) is 3.00. The molecule has 1 saturated heterocycles. The van der Waals surface area contributed by atoms with E-state index in [-0.39, 0.29) is 11.5 Å². The third-order valence-electron chi connectivity index (χ3n) is 3.73. The first kappa shape index (κ1) is 14.6. The molecule has 116 valence electrons. The molecule has 1 fully saturated rings. The summed E-state index contributed by atoms with van der Waals surface area (Å²) >= 11 is 1.13. The lowest BCUT2D eigenvalue weighted by atomic mass is 10.2. The summed E-state index contributed by atoms with van der Waals surface area (Å²) in [6.45, 7) is 4.34. The fourth-order valence-electron chi connectivity index (χ4n) is 2.37.